The molecule has 2 amide bonds. The van der Waals surface area contributed by atoms with Gasteiger partial charge in [0.25, 0.3) is 11.8 Å². The lowest BCUT2D eigenvalue weighted by molar-refractivity contribution is -0.124. The summed E-state index contributed by atoms with van der Waals surface area (Å²) in [6, 6.07) is 26.1. The van der Waals surface area contributed by atoms with Crippen molar-refractivity contribution in [2.75, 3.05) is 16.9 Å². The van der Waals surface area contributed by atoms with Crippen molar-refractivity contribution in [3.8, 4) is 0 Å². The van der Waals surface area contributed by atoms with Crippen molar-refractivity contribution in [2.45, 2.75) is 18.9 Å². The molecule has 1 atom stereocenters. The van der Waals surface area contributed by atoms with Gasteiger partial charge in [-0.25, -0.2) is 0 Å². The monoisotopic (exact) mass is 401 g/mol. The number of hydrogen-bond acceptors (Lipinski definition) is 4. The molecule has 2 N–H and O–H groups in total. The number of nitrogens with zero attached hydrogens (tertiary/aromatic N) is 1. The van der Waals surface area contributed by atoms with E-state index in [1.165, 1.54) is 0 Å². The van der Waals surface area contributed by atoms with Crippen LogP contribution in [0.15, 0.2) is 84.9 Å². The Balaban J connectivity index is 1.52. The van der Waals surface area contributed by atoms with Gasteiger partial charge in [-0.3, -0.25) is 20.0 Å². The summed E-state index contributed by atoms with van der Waals surface area (Å²) in [4.78, 5) is 25.3. The van der Waals surface area contributed by atoms with Crippen LogP contribution in [-0.2, 0) is 9.53 Å². The van der Waals surface area contributed by atoms with E-state index in [1.807, 2.05) is 60.7 Å². The van der Waals surface area contributed by atoms with Gasteiger partial charge in [-0.15, -0.1) is 0 Å². The van der Waals surface area contributed by atoms with E-state index in [2.05, 4.69) is 10.7 Å². The van der Waals surface area contributed by atoms with Crippen LogP contribution in [0.1, 0.15) is 23.2 Å². The Morgan fingerprint density at radius 2 is 1.53 bits per heavy atom. The lowest BCUT2D eigenvalue weighted by Gasteiger charge is -2.25. The zero-order chi connectivity index (χ0) is 20.8. The number of amides is 2. The molecule has 6 nitrogen and oxygen atoms in total. The highest BCUT2D eigenvalue weighted by Gasteiger charge is 2.23. The molecule has 0 unspecified atom stereocenters. The SMILES string of the molecule is O=C(NN(c1ccccc1)c1ccccc1)c1cccc(NC(=O)[C@H]2CCCO2)c1. The Morgan fingerprint density at radius 3 is 2.13 bits per heavy atom. The molecule has 1 aliphatic heterocycles. The largest absolute Gasteiger partial charge is 0.368 e. The van der Waals surface area contributed by atoms with Crippen LogP contribution in [0.5, 0.6) is 0 Å². The number of carbonyl (C=O) groups excluding carboxylic acids is 2. The van der Waals surface area contributed by atoms with E-state index < -0.39 is 6.10 Å². The van der Waals surface area contributed by atoms with Crippen LogP contribution in [-0.4, -0.2) is 24.5 Å². The fourth-order valence-electron chi connectivity index (χ4n) is 3.34. The van der Waals surface area contributed by atoms with Crippen LogP contribution in [0.4, 0.5) is 17.1 Å². The summed E-state index contributed by atoms with van der Waals surface area (Å²) >= 11 is 0. The van der Waals surface area contributed by atoms with Crippen molar-refractivity contribution in [1.29, 1.82) is 0 Å². The number of benzene rings is 3. The zero-order valence-corrected chi connectivity index (χ0v) is 16.5. The van der Waals surface area contributed by atoms with E-state index in [9.17, 15) is 9.59 Å². The molecule has 1 saturated heterocycles. The van der Waals surface area contributed by atoms with Gasteiger partial charge in [0.2, 0.25) is 0 Å². The molecule has 1 aliphatic rings. The van der Waals surface area contributed by atoms with Crippen LogP contribution in [0.2, 0.25) is 0 Å². The molecule has 0 spiro atoms. The number of rotatable bonds is 6. The summed E-state index contributed by atoms with van der Waals surface area (Å²) in [6.07, 6.45) is 1.18. The Hall–Kier alpha value is -3.64. The maximum Gasteiger partial charge on any atom is 0.270 e. The first-order chi connectivity index (χ1) is 14.7. The van der Waals surface area contributed by atoms with Crippen molar-refractivity contribution in [1.82, 2.24) is 5.43 Å². The highest BCUT2D eigenvalue weighted by Crippen LogP contribution is 2.23. The standard InChI is InChI=1S/C24H23N3O3/c28-23(18-9-7-10-19(17-18)25-24(29)22-15-8-16-30-22)26-27(20-11-3-1-4-12-20)21-13-5-2-6-14-21/h1-7,9-14,17,22H,8,15-16H2,(H,25,29)(H,26,28)/t22-/m1/s1. The fraction of sp³-hybridized carbons (Fsp3) is 0.167. The van der Waals surface area contributed by atoms with Gasteiger partial charge in [-0.2, -0.15) is 0 Å². The Kier molecular flexibility index (Phi) is 6.06. The minimum Gasteiger partial charge on any atom is -0.368 e. The Morgan fingerprint density at radius 1 is 0.867 bits per heavy atom. The molecule has 0 radical (unpaired) electrons. The van der Waals surface area contributed by atoms with Crippen molar-refractivity contribution >= 4 is 28.9 Å². The van der Waals surface area contributed by atoms with Gasteiger partial charge < -0.3 is 10.1 Å². The van der Waals surface area contributed by atoms with Crippen molar-refractivity contribution < 1.29 is 14.3 Å². The Bertz CT molecular complexity index is 963. The number of hydrogen-bond donors (Lipinski definition) is 2. The number of hydrazine groups is 1. The van der Waals surface area contributed by atoms with Gasteiger partial charge in [0.05, 0.1) is 11.4 Å². The van der Waals surface area contributed by atoms with Crippen molar-refractivity contribution in [2.24, 2.45) is 0 Å². The average molecular weight is 401 g/mol. The smallest absolute Gasteiger partial charge is 0.270 e. The summed E-state index contributed by atoms with van der Waals surface area (Å²) < 4.78 is 5.42. The second kappa shape index (κ2) is 9.24. The van der Waals surface area contributed by atoms with Crippen LogP contribution in [0, 0.1) is 0 Å². The first kappa shape index (κ1) is 19.7. The van der Waals surface area contributed by atoms with E-state index in [4.69, 9.17) is 4.74 Å². The number of para-hydroxylation sites is 2. The van der Waals surface area contributed by atoms with Crippen LogP contribution >= 0.6 is 0 Å². The molecule has 0 saturated carbocycles. The predicted molar refractivity (Wildman–Crippen MR) is 117 cm³/mol. The molecule has 0 aromatic heterocycles. The number of anilines is 3. The van der Waals surface area contributed by atoms with Gasteiger partial charge >= 0.3 is 0 Å². The van der Waals surface area contributed by atoms with Gasteiger partial charge in [0, 0.05) is 17.9 Å². The Labute approximate surface area is 175 Å². The van der Waals surface area contributed by atoms with Crippen LogP contribution < -0.4 is 15.8 Å². The summed E-state index contributed by atoms with van der Waals surface area (Å²) in [5.74, 6) is -0.462. The molecule has 0 aliphatic carbocycles. The lowest BCUT2D eigenvalue weighted by Crippen LogP contribution is -2.39. The van der Waals surface area contributed by atoms with Gasteiger partial charge in [-0.1, -0.05) is 42.5 Å². The van der Waals surface area contributed by atoms with E-state index in [0.29, 0.717) is 17.9 Å². The van der Waals surface area contributed by atoms with Gasteiger partial charge in [0.15, 0.2) is 0 Å². The van der Waals surface area contributed by atoms with Crippen molar-refractivity contribution in [3.05, 3.63) is 90.5 Å². The second-order valence-electron chi connectivity index (χ2n) is 7.02. The normalized spacial score (nSPS) is 15.4. The highest BCUT2D eigenvalue weighted by molar-refractivity contribution is 5.99. The van der Waals surface area contributed by atoms with Crippen LogP contribution in [0.3, 0.4) is 0 Å². The molecule has 152 valence electrons. The fourth-order valence-corrected chi connectivity index (χ4v) is 3.34. The molecular weight excluding hydrogens is 378 g/mol. The minimum atomic E-state index is -0.422. The third-order valence-electron chi connectivity index (χ3n) is 4.86. The van der Waals surface area contributed by atoms with E-state index >= 15 is 0 Å². The molecule has 30 heavy (non-hydrogen) atoms. The molecule has 3 aromatic rings. The maximum absolute atomic E-state index is 13.0. The number of carbonyl (C=O) groups is 2. The van der Waals surface area contributed by atoms with Crippen molar-refractivity contribution in [3.63, 3.8) is 0 Å². The topological polar surface area (TPSA) is 70.7 Å². The van der Waals surface area contributed by atoms with E-state index in [0.717, 1.165) is 24.2 Å². The third-order valence-corrected chi connectivity index (χ3v) is 4.86. The first-order valence-corrected chi connectivity index (χ1v) is 9.94. The number of ether oxygens (including phenoxy) is 1. The minimum absolute atomic E-state index is 0.180. The quantitative estimate of drug-likeness (QED) is 0.605. The van der Waals surface area contributed by atoms with E-state index in [1.54, 1.807) is 29.3 Å². The summed E-state index contributed by atoms with van der Waals surface area (Å²) in [7, 11) is 0. The second-order valence-corrected chi connectivity index (χ2v) is 7.02. The molecule has 6 heteroatoms. The third kappa shape index (κ3) is 4.67. The molecule has 1 heterocycles. The molecule has 1 fully saturated rings. The maximum atomic E-state index is 13.0. The highest BCUT2D eigenvalue weighted by atomic mass is 16.5. The first-order valence-electron chi connectivity index (χ1n) is 9.94. The predicted octanol–water partition coefficient (Wildman–Crippen LogP) is 4.29. The average Bonchev–Trinajstić information content (AvgIpc) is 3.34. The molecule has 0 bridgehead atoms. The zero-order valence-electron chi connectivity index (χ0n) is 16.5. The van der Waals surface area contributed by atoms with E-state index in [-0.39, 0.29) is 11.8 Å². The molecule has 4 rings (SSSR count). The molecular formula is C24H23N3O3. The van der Waals surface area contributed by atoms with Gasteiger partial charge in [-0.05, 0) is 55.3 Å². The summed E-state index contributed by atoms with van der Waals surface area (Å²) in [5, 5.41) is 4.57. The molecule has 3 aromatic carbocycles. The van der Waals surface area contributed by atoms with Gasteiger partial charge in [0.1, 0.15) is 6.10 Å². The number of nitrogens with one attached hydrogen (secondary N) is 2. The van der Waals surface area contributed by atoms with Crippen LogP contribution in [0.25, 0.3) is 0 Å². The summed E-state index contributed by atoms with van der Waals surface area (Å²) in [5.41, 5.74) is 5.63. The summed E-state index contributed by atoms with van der Waals surface area (Å²) in [6.45, 7) is 0.606. The lowest BCUT2D eigenvalue weighted by atomic mass is 10.1.